The summed E-state index contributed by atoms with van der Waals surface area (Å²) in [5.41, 5.74) is 2.87. The summed E-state index contributed by atoms with van der Waals surface area (Å²) in [6, 6.07) is 9.05. The number of hydrogen-bond donors (Lipinski definition) is 1. The molecule has 1 saturated heterocycles. The minimum atomic E-state index is -3.55. The second-order valence-corrected chi connectivity index (χ2v) is 8.82. The Morgan fingerprint density at radius 2 is 1.92 bits per heavy atom. The maximum absolute atomic E-state index is 12.5. The van der Waals surface area contributed by atoms with E-state index in [4.69, 9.17) is 0 Å². The highest BCUT2D eigenvalue weighted by Gasteiger charge is 2.32. The van der Waals surface area contributed by atoms with E-state index in [1.807, 2.05) is 0 Å². The van der Waals surface area contributed by atoms with Gasteiger partial charge < -0.3 is 4.57 Å². The molecule has 1 fully saturated rings. The van der Waals surface area contributed by atoms with Crippen LogP contribution >= 0.6 is 0 Å². The van der Waals surface area contributed by atoms with E-state index in [-0.39, 0.29) is 11.1 Å². The molecule has 2 heterocycles. The third kappa shape index (κ3) is 3.49. The lowest BCUT2D eigenvalue weighted by Crippen LogP contribution is -2.51. The lowest BCUT2D eigenvalue weighted by Gasteiger charge is -2.36. The molecule has 0 amide bonds. The van der Waals surface area contributed by atoms with E-state index in [1.165, 1.54) is 23.7 Å². The number of nitrogens with one attached hydrogen (secondary N) is 1. The molecule has 1 aliphatic carbocycles. The number of rotatable bonds is 4. The molecule has 0 spiro atoms. The maximum atomic E-state index is 12.5. The van der Waals surface area contributed by atoms with Gasteiger partial charge in [-0.15, -0.1) is 0 Å². The van der Waals surface area contributed by atoms with Crippen molar-refractivity contribution in [3.63, 3.8) is 0 Å². The van der Waals surface area contributed by atoms with Crippen LogP contribution < -0.4 is 4.72 Å². The highest BCUT2D eigenvalue weighted by Crippen LogP contribution is 2.27. The molecule has 1 aliphatic heterocycles. The van der Waals surface area contributed by atoms with Gasteiger partial charge in [-0.2, -0.15) is 0 Å². The van der Waals surface area contributed by atoms with Gasteiger partial charge in [0.2, 0.25) is 0 Å². The molecule has 134 valence electrons. The van der Waals surface area contributed by atoms with Crippen molar-refractivity contribution in [3.05, 3.63) is 47.9 Å². The molecule has 6 nitrogen and oxygen atoms in total. The second kappa shape index (κ2) is 6.55. The first kappa shape index (κ1) is 16.8. The van der Waals surface area contributed by atoms with Gasteiger partial charge in [0.1, 0.15) is 0 Å². The SMILES string of the molecule is Cn1cnc(S(=O)(=O)NC2CCCN(C3Cc4ccccc4C3)C2)c1. The molecule has 1 N–H and O–H groups in total. The number of hydrogen-bond acceptors (Lipinski definition) is 4. The normalized spacial score (nSPS) is 22.2. The molecule has 0 bridgehead atoms. The standard InChI is InChI=1S/C18H24N4O2S/c1-21-12-18(19-13-21)25(23,24)20-16-7-4-8-22(11-16)17-9-14-5-2-3-6-15(14)10-17/h2-3,5-6,12-13,16-17,20H,4,7-11H2,1H3. The third-order valence-electron chi connectivity index (χ3n) is 5.28. The summed E-state index contributed by atoms with van der Waals surface area (Å²) in [4.78, 5) is 6.43. The summed E-state index contributed by atoms with van der Waals surface area (Å²) in [5, 5.41) is 0.0976. The van der Waals surface area contributed by atoms with Crippen molar-refractivity contribution in [1.29, 1.82) is 0 Å². The van der Waals surface area contributed by atoms with Crippen molar-refractivity contribution in [2.45, 2.75) is 42.8 Å². The zero-order valence-electron chi connectivity index (χ0n) is 14.4. The van der Waals surface area contributed by atoms with E-state index in [0.717, 1.165) is 38.8 Å². The first-order chi connectivity index (χ1) is 12.0. The van der Waals surface area contributed by atoms with E-state index in [9.17, 15) is 8.42 Å². The Hall–Kier alpha value is -1.70. The predicted octanol–water partition coefficient (Wildman–Crippen LogP) is 1.33. The fourth-order valence-electron chi connectivity index (χ4n) is 4.04. The largest absolute Gasteiger partial charge is 0.339 e. The van der Waals surface area contributed by atoms with Crippen LogP contribution in [0.5, 0.6) is 0 Å². The van der Waals surface area contributed by atoms with Crippen molar-refractivity contribution in [2.75, 3.05) is 13.1 Å². The number of imidazole rings is 1. The topological polar surface area (TPSA) is 67.2 Å². The van der Waals surface area contributed by atoms with Crippen LogP contribution in [0.25, 0.3) is 0 Å². The van der Waals surface area contributed by atoms with Crippen molar-refractivity contribution >= 4 is 10.0 Å². The van der Waals surface area contributed by atoms with Crippen molar-refractivity contribution in [2.24, 2.45) is 7.05 Å². The molecule has 2 aliphatic rings. The maximum Gasteiger partial charge on any atom is 0.259 e. The van der Waals surface area contributed by atoms with E-state index < -0.39 is 10.0 Å². The number of sulfonamides is 1. The summed E-state index contributed by atoms with van der Waals surface area (Å²) in [6.45, 7) is 1.81. The molecule has 1 atom stereocenters. The molecular weight excluding hydrogens is 336 g/mol. The van der Waals surface area contributed by atoms with Gasteiger partial charge in [0.15, 0.2) is 5.03 Å². The van der Waals surface area contributed by atoms with Crippen LogP contribution in [-0.4, -0.2) is 48.0 Å². The number of likely N-dealkylation sites (tertiary alicyclic amines) is 1. The number of benzene rings is 1. The van der Waals surface area contributed by atoms with Gasteiger partial charge in [-0.3, -0.25) is 4.90 Å². The number of fused-ring (bicyclic) bond motifs is 1. The zero-order chi connectivity index (χ0) is 17.4. The number of nitrogens with zero attached hydrogens (tertiary/aromatic N) is 3. The average Bonchev–Trinajstić information content (AvgIpc) is 3.21. The molecular formula is C18H24N4O2S. The molecule has 1 aromatic carbocycles. The lowest BCUT2D eigenvalue weighted by molar-refractivity contribution is 0.148. The fourth-order valence-corrected chi connectivity index (χ4v) is 5.28. The van der Waals surface area contributed by atoms with E-state index in [2.05, 4.69) is 38.9 Å². The first-order valence-corrected chi connectivity index (χ1v) is 10.3. The Bertz CT molecular complexity index is 836. The molecule has 7 heteroatoms. The molecule has 0 radical (unpaired) electrons. The van der Waals surface area contributed by atoms with Gasteiger partial charge >= 0.3 is 0 Å². The second-order valence-electron chi connectivity index (χ2n) is 7.16. The van der Waals surface area contributed by atoms with Gasteiger partial charge in [-0.05, 0) is 43.4 Å². The van der Waals surface area contributed by atoms with Crippen LogP contribution in [-0.2, 0) is 29.9 Å². The van der Waals surface area contributed by atoms with Gasteiger partial charge in [-0.25, -0.2) is 18.1 Å². The zero-order valence-corrected chi connectivity index (χ0v) is 15.2. The van der Waals surface area contributed by atoms with E-state index >= 15 is 0 Å². The van der Waals surface area contributed by atoms with Crippen molar-refractivity contribution in [3.8, 4) is 0 Å². The summed E-state index contributed by atoms with van der Waals surface area (Å²) in [6.07, 6.45) is 7.07. The minimum absolute atomic E-state index is 0.0514. The van der Waals surface area contributed by atoms with Crippen molar-refractivity contribution < 1.29 is 8.42 Å². The van der Waals surface area contributed by atoms with Crippen LogP contribution in [0.15, 0.2) is 41.8 Å². The molecule has 4 rings (SSSR count). The summed E-state index contributed by atoms with van der Waals surface area (Å²) in [7, 11) is -1.78. The predicted molar refractivity (Wildman–Crippen MR) is 95.8 cm³/mol. The summed E-state index contributed by atoms with van der Waals surface area (Å²) >= 11 is 0. The van der Waals surface area contributed by atoms with Gasteiger partial charge in [0.05, 0.1) is 6.33 Å². The van der Waals surface area contributed by atoms with Crippen LogP contribution in [0.2, 0.25) is 0 Å². The smallest absolute Gasteiger partial charge is 0.259 e. The highest BCUT2D eigenvalue weighted by molar-refractivity contribution is 7.89. The van der Waals surface area contributed by atoms with Gasteiger partial charge in [-0.1, -0.05) is 24.3 Å². The van der Waals surface area contributed by atoms with Gasteiger partial charge in [0, 0.05) is 31.9 Å². The van der Waals surface area contributed by atoms with Crippen LogP contribution in [0.3, 0.4) is 0 Å². The Morgan fingerprint density at radius 1 is 1.20 bits per heavy atom. The van der Waals surface area contributed by atoms with E-state index in [0.29, 0.717) is 6.04 Å². The molecule has 1 unspecified atom stereocenters. The molecule has 25 heavy (non-hydrogen) atoms. The Labute approximate surface area is 148 Å². The first-order valence-electron chi connectivity index (χ1n) is 8.82. The molecule has 0 saturated carbocycles. The quantitative estimate of drug-likeness (QED) is 0.893. The highest BCUT2D eigenvalue weighted by atomic mass is 32.2. The van der Waals surface area contributed by atoms with Crippen LogP contribution in [0.4, 0.5) is 0 Å². The van der Waals surface area contributed by atoms with Gasteiger partial charge in [0.25, 0.3) is 10.0 Å². The number of aromatic nitrogens is 2. The monoisotopic (exact) mass is 360 g/mol. The lowest BCUT2D eigenvalue weighted by atomic mass is 10.0. The summed E-state index contributed by atoms with van der Waals surface area (Å²) < 4.78 is 29.5. The van der Waals surface area contributed by atoms with E-state index in [1.54, 1.807) is 11.6 Å². The Kier molecular flexibility index (Phi) is 4.39. The van der Waals surface area contributed by atoms with Crippen LogP contribution in [0, 0.1) is 0 Å². The summed E-state index contributed by atoms with van der Waals surface area (Å²) in [5.74, 6) is 0. The fraction of sp³-hybridized carbons (Fsp3) is 0.500. The van der Waals surface area contributed by atoms with Crippen molar-refractivity contribution in [1.82, 2.24) is 19.2 Å². The molecule has 1 aromatic heterocycles. The van der Waals surface area contributed by atoms with Crippen LogP contribution in [0.1, 0.15) is 24.0 Å². The number of aryl methyl sites for hydroxylation is 1. The Morgan fingerprint density at radius 3 is 2.56 bits per heavy atom. The minimum Gasteiger partial charge on any atom is -0.339 e. The molecule has 2 aromatic rings. The average molecular weight is 360 g/mol. The third-order valence-corrected chi connectivity index (χ3v) is 6.68. The number of piperidine rings is 1. The Balaban J connectivity index is 1.42.